The number of aromatic carboxylic acids is 2. The fourth-order valence-corrected chi connectivity index (χ4v) is 3.11. The van der Waals surface area contributed by atoms with Crippen molar-refractivity contribution < 1.29 is 57.5 Å². The normalized spacial score (nSPS) is 9.96. The van der Waals surface area contributed by atoms with Crippen molar-refractivity contribution in [3.05, 3.63) is 34.9 Å². The minimum absolute atomic E-state index is 0. The van der Waals surface area contributed by atoms with Gasteiger partial charge in [-0.1, -0.05) is 83.3 Å². The summed E-state index contributed by atoms with van der Waals surface area (Å²) in [6.45, 7) is 2.23. The van der Waals surface area contributed by atoms with Gasteiger partial charge in [0.1, 0.15) is 0 Å². The van der Waals surface area contributed by atoms with Crippen LogP contribution in [-0.4, -0.2) is 11.9 Å². The van der Waals surface area contributed by atoms with Gasteiger partial charge in [0.15, 0.2) is 0 Å². The van der Waals surface area contributed by atoms with Crippen LogP contribution < -0.4 is 47.9 Å². The van der Waals surface area contributed by atoms with Crippen LogP contribution >= 0.6 is 0 Å². The van der Waals surface area contributed by atoms with Gasteiger partial charge in [0.25, 0.3) is 0 Å². The van der Waals surface area contributed by atoms with Gasteiger partial charge in [0.05, 0.1) is 11.9 Å². The van der Waals surface area contributed by atoms with Crippen molar-refractivity contribution in [2.45, 2.75) is 84.0 Å². The molecule has 0 unspecified atom stereocenters. The Kier molecular flexibility index (Phi) is 18.5. The van der Waals surface area contributed by atoms with Gasteiger partial charge in [-0.05, 0) is 30.0 Å². The quantitative estimate of drug-likeness (QED) is 0.267. The van der Waals surface area contributed by atoms with Gasteiger partial charge < -0.3 is 19.8 Å². The minimum atomic E-state index is -1.29. The van der Waals surface area contributed by atoms with E-state index in [0.717, 1.165) is 19.3 Å². The average Bonchev–Trinajstić information content (AvgIpc) is 2.59. The molecule has 0 N–H and O–H groups in total. The Bertz CT molecular complexity index is 547. The Morgan fingerprint density at radius 1 is 0.741 bits per heavy atom. The van der Waals surface area contributed by atoms with Gasteiger partial charge in [-0.2, -0.15) is 0 Å². The van der Waals surface area contributed by atoms with Crippen LogP contribution in [0.2, 0.25) is 0 Å². The smallest absolute Gasteiger partial charge is 0.545 e. The second-order valence-corrected chi connectivity index (χ2v) is 6.73. The topological polar surface area (TPSA) is 80.3 Å². The molecule has 1 rings (SSSR count). The molecule has 0 fully saturated rings. The van der Waals surface area contributed by atoms with E-state index < -0.39 is 11.9 Å². The van der Waals surface area contributed by atoms with E-state index in [2.05, 4.69) is 6.92 Å². The number of hydrogen-bond donors (Lipinski definition) is 0. The molecular formula is C21H30Li2O4. The molecule has 6 heteroatoms. The number of rotatable bonds is 14. The monoisotopic (exact) mass is 360 g/mol. The first-order valence-electron chi connectivity index (χ1n) is 9.62. The zero-order valence-electron chi connectivity index (χ0n) is 17.4. The maximum absolute atomic E-state index is 11.1. The summed E-state index contributed by atoms with van der Waals surface area (Å²) in [4.78, 5) is 22.0. The van der Waals surface area contributed by atoms with Crippen molar-refractivity contribution in [1.82, 2.24) is 0 Å². The van der Waals surface area contributed by atoms with Crippen LogP contribution in [0.5, 0.6) is 0 Å². The summed E-state index contributed by atoms with van der Waals surface area (Å²) < 4.78 is 0. The summed E-state index contributed by atoms with van der Waals surface area (Å²) in [5, 5.41) is 22.0. The zero-order valence-corrected chi connectivity index (χ0v) is 17.4. The second kappa shape index (κ2) is 17.5. The first-order valence-corrected chi connectivity index (χ1v) is 9.62. The standard InChI is InChI=1S/C21H32O4.2Li/c1-2-3-4-5-6-7-8-9-10-11-12-13-17-16-18(20(22)23)14-15-19(17)21(24)25;;/h14-16H,2-13H2,1H3,(H,22,23)(H,24,25);;/q;2*+1/p-2. The number of benzene rings is 1. The van der Waals surface area contributed by atoms with E-state index >= 15 is 0 Å². The molecule has 0 heterocycles. The Morgan fingerprint density at radius 3 is 1.67 bits per heavy atom. The molecule has 4 nitrogen and oxygen atoms in total. The predicted molar refractivity (Wildman–Crippen MR) is 95.3 cm³/mol. The Morgan fingerprint density at radius 2 is 1.22 bits per heavy atom. The average molecular weight is 360 g/mol. The number of carbonyl (C=O) groups is 2. The third kappa shape index (κ3) is 12.4. The summed E-state index contributed by atoms with van der Waals surface area (Å²) in [7, 11) is 0. The van der Waals surface area contributed by atoms with Crippen molar-refractivity contribution in [3.63, 3.8) is 0 Å². The Hall–Kier alpha value is -0.645. The molecular weight excluding hydrogens is 330 g/mol. The summed E-state index contributed by atoms with van der Waals surface area (Å²) in [5.74, 6) is -2.55. The number of carboxylic acids is 2. The first kappa shape index (κ1) is 28.6. The van der Waals surface area contributed by atoms with Gasteiger partial charge in [-0.3, -0.25) is 0 Å². The zero-order chi connectivity index (χ0) is 18.5. The van der Waals surface area contributed by atoms with Crippen molar-refractivity contribution in [1.29, 1.82) is 0 Å². The number of aryl methyl sites for hydroxylation is 1. The molecule has 0 bridgehead atoms. The first-order chi connectivity index (χ1) is 12.1. The summed E-state index contributed by atoms with van der Waals surface area (Å²) >= 11 is 0. The molecule has 0 spiro atoms. The molecule has 0 atom stereocenters. The summed E-state index contributed by atoms with van der Waals surface area (Å²) in [6, 6.07) is 3.95. The fourth-order valence-electron chi connectivity index (χ4n) is 3.11. The van der Waals surface area contributed by atoms with E-state index in [9.17, 15) is 19.8 Å². The molecule has 27 heavy (non-hydrogen) atoms. The molecule has 0 aliphatic heterocycles. The number of carbonyl (C=O) groups excluding carboxylic acids is 2. The maximum Gasteiger partial charge on any atom is 1.00 e. The molecule has 0 saturated carbocycles. The molecule has 0 radical (unpaired) electrons. The third-order valence-corrected chi connectivity index (χ3v) is 4.61. The molecule has 140 valence electrons. The van der Waals surface area contributed by atoms with Crippen LogP contribution in [-0.2, 0) is 6.42 Å². The van der Waals surface area contributed by atoms with Crippen LogP contribution in [0.15, 0.2) is 18.2 Å². The van der Waals surface area contributed by atoms with E-state index in [1.165, 1.54) is 69.6 Å². The molecule has 0 aliphatic carbocycles. The molecule has 1 aromatic carbocycles. The van der Waals surface area contributed by atoms with Crippen molar-refractivity contribution in [3.8, 4) is 0 Å². The third-order valence-electron chi connectivity index (χ3n) is 4.61. The largest absolute Gasteiger partial charge is 1.00 e. The van der Waals surface area contributed by atoms with Crippen LogP contribution in [0.25, 0.3) is 0 Å². The van der Waals surface area contributed by atoms with Crippen LogP contribution in [0, 0.1) is 0 Å². The fraction of sp³-hybridized carbons (Fsp3) is 0.619. The number of unbranched alkanes of at least 4 members (excludes halogenated alkanes) is 10. The molecule has 0 aliphatic rings. The van der Waals surface area contributed by atoms with Crippen molar-refractivity contribution in [2.24, 2.45) is 0 Å². The van der Waals surface area contributed by atoms with E-state index in [1.54, 1.807) is 0 Å². The van der Waals surface area contributed by atoms with Crippen LogP contribution in [0.1, 0.15) is 104 Å². The number of carboxylic acid groups (broad SMARTS) is 2. The van der Waals surface area contributed by atoms with Gasteiger partial charge >= 0.3 is 37.7 Å². The Labute approximate surface area is 187 Å². The van der Waals surface area contributed by atoms with E-state index in [-0.39, 0.29) is 48.8 Å². The van der Waals surface area contributed by atoms with Gasteiger partial charge in [-0.15, -0.1) is 0 Å². The molecule has 1 aromatic rings. The maximum atomic E-state index is 11.1. The minimum Gasteiger partial charge on any atom is -0.545 e. The van der Waals surface area contributed by atoms with Gasteiger partial charge in [-0.25, -0.2) is 0 Å². The van der Waals surface area contributed by atoms with E-state index in [0.29, 0.717) is 12.0 Å². The van der Waals surface area contributed by atoms with Crippen LogP contribution in [0.3, 0.4) is 0 Å². The van der Waals surface area contributed by atoms with Crippen LogP contribution in [0.4, 0.5) is 0 Å². The van der Waals surface area contributed by atoms with E-state index in [4.69, 9.17) is 0 Å². The van der Waals surface area contributed by atoms with E-state index in [1.807, 2.05) is 0 Å². The SMILES string of the molecule is CCCCCCCCCCCCCc1cc(C(=O)[O-])ccc1C(=O)[O-].[Li+].[Li+]. The molecule has 0 amide bonds. The molecule has 0 saturated heterocycles. The Balaban J connectivity index is 0. The number of hydrogen-bond acceptors (Lipinski definition) is 4. The van der Waals surface area contributed by atoms with Crippen molar-refractivity contribution >= 4 is 11.9 Å². The summed E-state index contributed by atoms with van der Waals surface area (Å²) in [5.41, 5.74) is 0.623. The van der Waals surface area contributed by atoms with Gasteiger partial charge in [0.2, 0.25) is 0 Å². The second-order valence-electron chi connectivity index (χ2n) is 6.73. The summed E-state index contributed by atoms with van der Waals surface area (Å²) in [6.07, 6.45) is 14.0. The van der Waals surface area contributed by atoms with Crippen molar-refractivity contribution in [2.75, 3.05) is 0 Å². The van der Waals surface area contributed by atoms with Gasteiger partial charge in [0, 0.05) is 5.56 Å². The molecule has 0 aromatic heterocycles. The predicted octanol–water partition coefficient (Wildman–Crippen LogP) is -2.72.